The molecule has 20 heavy (non-hydrogen) atoms. The Morgan fingerprint density at radius 3 is 2.80 bits per heavy atom. The van der Waals surface area contributed by atoms with Gasteiger partial charge in [0.25, 0.3) is 5.91 Å². The standard InChI is InChI=1S/C15H26N4O/c1-4-8-16-14-12-13(7-10-17-14)15(20)18-9-5-6-11-19(2)3/h7,10,12H,4-6,8-9,11H2,1-3H3,(H,16,17)(H,18,20). The summed E-state index contributed by atoms with van der Waals surface area (Å²) in [6.45, 7) is 4.73. The first-order valence-corrected chi connectivity index (χ1v) is 7.26. The van der Waals surface area contributed by atoms with Gasteiger partial charge in [0.2, 0.25) is 0 Å². The third-order valence-corrected chi connectivity index (χ3v) is 2.90. The van der Waals surface area contributed by atoms with Crippen molar-refractivity contribution in [2.24, 2.45) is 0 Å². The number of carbonyl (C=O) groups excluding carboxylic acids is 1. The fraction of sp³-hybridized carbons (Fsp3) is 0.600. The molecule has 1 amide bonds. The number of nitrogens with one attached hydrogen (secondary N) is 2. The first-order valence-electron chi connectivity index (χ1n) is 7.26. The molecule has 0 unspecified atom stereocenters. The van der Waals surface area contributed by atoms with E-state index in [9.17, 15) is 4.79 Å². The minimum Gasteiger partial charge on any atom is -0.370 e. The van der Waals surface area contributed by atoms with E-state index in [0.717, 1.165) is 38.2 Å². The highest BCUT2D eigenvalue weighted by Gasteiger charge is 2.06. The molecule has 2 N–H and O–H groups in total. The maximum absolute atomic E-state index is 12.0. The van der Waals surface area contributed by atoms with Crippen LogP contribution in [0.1, 0.15) is 36.5 Å². The maximum atomic E-state index is 12.0. The van der Waals surface area contributed by atoms with Gasteiger partial charge in [-0.25, -0.2) is 4.98 Å². The van der Waals surface area contributed by atoms with Crippen molar-refractivity contribution in [3.63, 3.8) is 0 Å². The average molecular weight is 278 g/mol. The molecule has 0 bridgehead atoms. The van der Waals surface area contributed by atoms with Crippen molar-refractivity contribution >= 4 is 11.7 Å². The lowest BCUT2D eigenvalue weighted by atomic mass is 10.2. The Morgan fingerprint density at radius 2 is 2.10 bits per heavy atom. The molecule has 0 aromatic carbocycles. The maximum Gasteiger partial charge on any atom is 0.251 e. The normalized spacial score (nSPS) is 10.6. The summed E-state index contributed by atoms with van der Waals surface area (Å²) in [4.78, 5) is 18.3. The first kappa shape index (κ1) is 16.4. The number of nitrogens with zero attached hydrogens (tertiary/aromatic N) is 2. The molecule has 0 aliphatic heterocycles. The second-order valence-corrected chi connectivity index (χ2v) is 5.12. The highest BCUT2D eigenvalue weighted by Crippen LogP contribution is 2.06. The molecule has 0 radical (unpaired) electrons. The summed E-state index contributed by atoms with van der Waals surface area (Å²) in [5.74, 6) is 0.726. The van der Waals surface area contributed by atoms with Gasteiger partial charge in [0.15, 0.2) is 0 Å². The van der Waals surface area contributed by atoms with Gasteiger partial charge in [0.1, 0.15) is 5.82 Å². The van der Waals surface area contributed by atoms with E-state index >= 15 is 0 Å². The molecule has 0 aliphatic carbocycles. The highest BCUT2D eigenvalue weighted by molar-refractivity contribution is 5.94. The second-order valence-electron chi connectivity index (χ2n) is 5.12. The Morgan fingerprint density at radius 1 is 1.30 bits per heavy atom. The largest absolute Gasteiger partial charge is 0.370 e. The van der Waals surface area contributed by atoms with Crippen LogP contribution in [-0.4, -0.2) is 49.5 Å². The molecule has 0 spiro atoms. The molecule has 0 aliphatic rings. The molecule has 5 heteroatoms. The average Bonchev–Trinajstić information content (AvgIpc) is 2.44. The Labute approximate surface area is 121 Å². The molecule has 0 saturated carbocycles. The van der Waals surface area contributed by atoms with Gasteiger partial charge >= 0.3 is 0 Å². The number of unbranched alkanes of at least 4 members (excludes halogenated alkanes) is 1. The lowest BCUT2D eigenvalue weighted by Gasteiger charge is -2.10. The lowest BCUT2D eigenvalue weighted by Crippen LogP contribution is -2.25. The van der Waals surface area contributed by atoms with E-state index in [2.05, 4.69) is 41.5 Å². The summed E-state index contributed by atoms with van der Waals surface area (Å²) in [6.07, 6.45) is 4.78. The summed E-state index contributed by atoms with van der Waals surface area (Å²) in [5, 5.41) is 6.12. The van der Waals surface area contributed by atoms with Gasteiger partial charge in [-0.3, -0.25) is 4.79 Å². The molecule has 1 rings (SSSR count). The molecule has 1 heterocycles. The number of hydrogen-bond donors (Lipinski definition) is 2. The zero-order valence-electron chi connectivity index (χ0n) is 12.8. The SMILES string of the molecule is CCCNc1cc(C(=O)NCCCCN(C)C)ccn1. The highest BCUT2D eigenvalue weighted by atomic mass is 16.1. The minimum absolute atomic E-state index is 0.0307. The molecular formula is C15H26N4O. The third-order valence-electron chi connectivity index (χ3n) is 2.90. The van der Waals surface area contributed by atoms with Crippen molar-refractivity contribution < 1.29 is 4.79 Å². The molecule has 5 nitrogen and oxygen atoms in total. The Hall–Kier alpha value is -1.62. The van der Waals surface area contributed by atoms with Crippen molar-refractivity contribution in [3.8, 4) is 0 Å². The van der Waals surface area contributed by atoms with Crippen LogP contribution in [0, 0.1) is 0 Å². The third kappa shape index (κ3) is 6.52. The van der Waals surface area contributed by atoms with Crippen molar-refractivity contribution in [2.75, 3.05) is 39.0 Å². The van der Waals surface area contributed by atoms with Crippen LogP contribution >= 0.6 is 0 Å². The van der Waals surface area contributed by atoms with Crippen molar-refractivity contribution in [1.82, 2.24) is 15.2 Å². The number of aromatic nitrogens is 1. The number of anilines is 1. The zero-order chi connectivity index (χ0) is 14.8. The van der Waals surface area contributed by atoms with Crippen LogP contribution in [0.2, 0.25) is 0 Å². The van der Waals surface area contributed by atoms with E-state index in [1.165, 1.54) is 0 Å². The molecule has 0 saturated heterocycles. The topological polar surface area (TPSA) is 57.3 Å². The van der Waals surface area contributed by atoms with Crippen molar-refractivity contribution in [2.45, 2.75) is 26.2 Å². The van der Waals surface area contributed by atoms with E-state index in [1.54, 1.807) is 18.3 Å². The van der Waals surface area contributed by atoms with Gasteiger partial charge in [-0.15, -0.1) is 0 Å². The molecular weight excluding hydrogens is 252 g/mol. The quantitative estimate of drug-likeness (QED) is 0.678. The predicted molar refractivity (Wildman–Crippen MR) is 83.1 cm³/mol. The monoisotopic (exact) mass is 278 g/mol. The van der Waals surface area contributed by atoms with Gasteiger partial charge < -0.3 is 15.5 Å². The summed E-state index contributed by atoms with van der Waals surface area (Å²) < 4.78 is 0. The van der Waals surface area contributed by atoms with Crippen molar-refractivity contribution in [1.29, 1.82) is 0 Å². The number of pyridine rings is 1. The molecule has 0 atom stereocenters. The van der Waals surface area contributed by atoms with Crippen molar-refractivity contribution in [3.05, 3.63) is 23.9 Å². The Bertz CT molecular complexity index is 407. The van der Waals surface area contributed by atoms with Crippen LogP contribution in [0.4, 0.5) is 5.82 Å². The second kappa shape index (κ2) is 9.31. The molecule has 1 aromatic heterocycles. The fourth-order valence-corrected chi connectivity index (χ4v) is 1.78. The molecule has 112 valence electrons. The van der Waals surface area contributed by atoms with Gasteiger partial charge in [-0.2, -0.15) is 0 Å². The van der Waals surface area contributed by atoms with Crippen LogP contribution < -0.4 is 10.6 Å². The fourth-order valence-electron chi connectivity index (χ4n) is 1.78. The van der Waals surface area contributed by atoms with Gasteiger partial charge in [0.05, 0.1) is 0 Å². The summed E-state index contributed by atoms with van der Waals surface area (Å²) in [7, 11) is 4.11. The van der Waals surface area contributed by atoms with E-state index < -0.39 is 0 Å². The van der Waals surface area contributed by atoms with Crippen LogP contribution in [0.15, 0.2) is 18.3 Å². The summed E-state index contributed by atoms with van der Waals surface area (Å²) in [5.41, 5.74) is 0.659. The Balaban J connectivity index is 2.35. The number of amides is 1. The van der Waals surface area contributed by atoms with E-state index in [4.69, 9.17) is 0 Å². The van der Waals surface area contributed by atoms with Crippen LogP contribution in [0.5, 0.6) is 0 Å². The van der Waals surface area contributed by atoms with E-state index in [0.29, 0.717) is 12.1 Å². The van der Waals surface area contributed by atoms with Crippen LogP contribution in [0.25, 0.3) is 0 Å². The zero-order valence-corrected chi connectivity index (χ0v) is 12.8. The van der Waals surface area contributed by atoms with Gasteiger partial charge in [0, 0.05) is 24.8 Å². The lowest BCUT2D eigenvalue weighted by molar-refractivity contribution is 0.0952. The van der Waals surface area contributed by atoms with Crippen LogP contribution in [0.3, 0.4) is 0 Å². The molecule has 0 fully saturated rings. The van der Waals surface area contributed by atoms with Gasteiger partial charge in [-0.05, 0) is 52.0 Å². The summed E-state index contributed by atoms with van der Waals surface area (Å²) in [6, 6.07) is 3.54. The first-order chi connectivity index (χ1) is 9.63. The minimum atomic E-state index is -0.0307. The number of hydrogen-bond acceptors (Lipinski definition) is 4. The summed E-state index contributed by atoms with van der Waals surface area (Å²) >= 11 is 0. The van der Waals surface area contributed by atoms with E-state index in [-0.39, 0.29) is 5.91 Å². The number of carbonyl (C=O) groups is 1. The Kier molecular flexibility index (Phi) is 7.65. The number of rotatable bonds is 9. The predicted octanol–water partition coefficient (Wildman–Crippen LogP) is 1.98. The van der Waals surface area contributed by atoms with E-state index in [1.807, 2.05) is 0 Å². The smallest absolute Gasteiger partial charge is 0.251 e. The van der Waals surface area contributed by atoms with Gasteiger partial charge in [-0.1, -0.05) is 6.92 Å². The van der Waals surface area contributed by atoms with Crippen LogP contribution in [-0.2, 0) is 0 Å². The molecule has 1 aromatic rings.